The van der Waals surface area contributed by atoms with E-state index < -0.39 is 28.6 Å². The van der Waals surface area contributed by atoms with Gasteiger partial charge in [0.05, 0.1) is 17.0 Å². The maximum atomic E-state index is 15.6. The first-order valence-corrected chi connectivity index (χ1v) is 14.7. The molecule has 1 N–H and O–H groups in total. The van der Waals surface area contributed by atoms with E-state index in [0.717, 1.165) is 29.6 Å². The molecule has 0 radical (unpaired) electrons. The van der Waals surface area contributed by atoms with E-state index in [2.05, 4.69) is 0 Å². The molecule has 5 nitrogen and oxygen atoms in total. The summed E-state index contributed by atoms with van der Waals surface area (Å²) in [6.07, 6.45) is 0. The largest absolute Gasteiger partial charge is 0.505 e. The molecule has 42 heavy (non-hydrogen) atoms. The van der Waals surface area contributed by atoms with Gasteiger partial charge in [-0.1, -0.05) is 71.0 Å². The zero-order valence-electron chi connectivity index (χ0n) is 21.2. The predicted molar refractivity (Wildman–Crippen MR) is 163 cm³/mol. The van der Waals surface area contributed by atoms with Crippen molar-refractivity contribution < 1.29 is 18.3 Å². The van der Waals surface area contributed by atoms with Crippen molar-refractivity contribution >= 4 is 68.6 Å². The Labute approximate surface area is 255 Å². The highest BCUT2D eigenvalue weighted by Gasteiger charge is 2.24. The van der Waals surface area contributed by atoms with Gasteiger partial charge < -0.3 is 14.1 Å². The van der Waals surface area contributed by atoms with Crippen molar-refractivity contribution in [1.29, 1.82) is 0 Å². The molecule has 0 spiro atoms. The number of halogens is 4. The van der Waals surface area contributed by atoms with E-state index in [0.29, 0.717) is 25.4 Å². The Morgan fingerprint density at radius 3 is 2.12 bits per heavy atom. The summed E-state index contributed by atoms with van der Waals surface area (Å²) in [6.45, 7) is -0.0339. The third-order valence-corrected chi connectivity index (χ3v) is 8.94. The van der Waals surface area contributed by atoms with Gasteiger partial charge in [0.2, 0.25) is 0 Å². The third-order valence-electron chi connectivity index (χ3n) is 6.40. The number of aromatic hydroxyl groups is 1. The van der Waals surface area contributed by atoms with E-state index in [1.54, 1.807) is 48.5 Å². The smallest absolute Gasteiger partial charge is 0.354 e. The molecular formula is C31H17Cl2F2NO4S2. The van der Waals surface area contributed by atoms with Crippen molar-refractivity contribution in [2.75, 3.05) is 0 Å². The Morgan fingerprint density at radius 1 is 0.833 bits per heavy atom. The SMILES string of the molecule is O=c1oc2c(c(O)c1Sc1cccc(Cl)c1)c(=O)n(Cc1ccc(F)cc1)c1cc(Sc3cccc(Cl)c3)c(F)cc21. The van der Waals surface area contributed by atoms with Crippen LogP contribution in [-0.2, 0) is 6.54 Å². The van der Waals surface area contributed by atoms with Crippen LogP contribution in [0.2, 0.25) is 10.0 Å². The van der Waals surface area contributed by atoms with Gasteiger partial charge in [0.15, 0.2) is 11.3 Å². The fourth-order valence-corrected chi connectivity index (χ4v) is 6.81. The Kier molecular flexibility index (Phi) is 7.76. The van der Waals surface area contributed by atoms with E-state index in [1.165, 1.54) is 34.9 Å². The first-order valence-electron chi connectivity index (χ1n) is 12.3. The van der Waals surface area contributed by atoms with Crippen molar-refractivity contribution in [1.82, 2.24) is 4.57 Å². The van der Waals surface area contributed by atoms with Gasteiger partial charge >= 0.3 is 5.63 Å². The quantitative estimate of drug-likeness (QED) is 0.184. The molecule has 0 saturated heterocycles. The van der Waals surface area contributed by atoms with E-state index in [9.17, 15) is 19.1 Å². The van der Waals surface area contributed by atoms with Crippen molar-refractivity contribution in [3.63, 3.8) is 0 Å². The summed E-state index contributed by atoms with van der Waals surface area (Å²) in [5, 5.41) is 12.0. The Balaban J connectivity index is 1.61. The van der Waals surface area contributed by atoms with Gasteiger partial charge in [-0.25, -0.2) is 13.6 Å². The second-order valence-electron chi connectivity index (χ2n) is 9.21. The first-order chi connectivity index (χ1) is 20.2. The summed E-state index contributed by atoms with van der Waals surface area (Å²) in [5.41, 5.74) is -0.999. The summed E-state index contributed by atoms with van der Waals surface area (Å²) in [6, 6.07) is 21.7. The lowest BCUT2D eigenvalue weighted by Crippen LogP contribution is -2.23. The standard InChI is InChI=1S/C31H17Cl2F2NO4S2/c32-17-3-1-5-20(11-17)41-25-14-24-22(13-23(25)35)28-26(30(38)36(24)15-16-7-9-19(34)10-8-16)27(37)29(31(39)40-28)42-21-6-2-4-18(33)12-21/h1-14,37H,15H2. The van der Waals surface area contributed by atoms with Crippen LogP contribution in [0, 0.1) is 11.6 Å². The molecule has 11 heteroatoms. The molecule has 0 bridgehead atoms. The normalized spacial score (nSPS) is 11.4. The number of nitrogens with zero attached hydrogens (tertiary/aromatic N) is 1. The lowest BCUT2D eigenvalue weighted by atomic mass is 10.1. The zero-order chi connectivity index (χ0) is 29.5. The van der Waals surface area contributed by atoms with Crippen LogP contribution in [0.15, 0.2) is 119 Å². The molecule has 2 heterocycles. The number of fused-ring (bicyclic) bond motifs is 3. The molecule has 0 atom stereocenters. The van der Waals surface area contributed by atoms with Crippen LogP contribution in [-0.4, -0.2) is 9.67 Å². The fourth-order valence-electron chi connectivity index (χ4n) is 4.49. The fraction of sp³-hybridized carbons (Fsp3) is 0.0323. The molecule has 0 fully saturated rings. The van der Waals surface area contributed by atoms with Crippen LogP contribution < -0.4 is 11.2 Å². The lowest BCUT2D eigenvalue weighted by molar-refractivity contribution is 0.446. The number of hydrogen-bond donors (Lipinski definition) is 1. The molecular weight excluding hydrogens is 623 g/mol. The second-order valence-corrected chi connectivity index (χ2v) is 12.3. The maximum absolute atomic E-state index is 15.6. The van der Waals surface area contributed by atoms with Gasteiger partial charge in [0, 0.05) is 25.2 Å². The van der Waals surface area contributed by atoms with Crippen LogP contribution in [0.5, 0.6) is 5.75 Å². The molecule has 0 aliphatic heterocycles. The van der Waals surface area contributed by atoms with Crippen LogP contribution in [0.25, 0.3) is 21.9 Å². The molecule has 2 aromatic heterocycles. The Morgan fingerprint density at radius 2 is 1.48 bits per heavy atom. The van der Waals surface area contributed by atoms with Gasteiger partial charge in [-0.3, -0.25) is 4.79 Å². The molecule has 0 unspecified atom stereocenters. The number of rotatable bonds is 6. The van der Waals surface area contributed by atoms with E-state index in [-0.39, 0.29) is 38.2 Å². The topological polar surface area (TPSA) is 72.4 Å². The summed E-state index contributed by atoms with van der Waals surface area (Å²) in [5.74, 6) is -1.68. The molecule has 6 aromatic rings. The van der Waals surface area contributed by atoms with Crippen molar-refractivity contribution in [2.45, 2.75) is 26.1 Å². The summed E-state index contributed by atoms with van der Waals surface area (Å²) in [7, 11) is 0. The van der Waals surface area contributed by atoms with Crippen molar-refractivity contribution in [3.8, 4) is 5.75 Å². The van der Waals surface area contributed by atoms with Crippen LogP contribution in [0.1, 0.15) is 5.56 Å². The molecule has 4 aromatic carbocycles. The molecule has 0 saturated carbocycles. The van der Waals surface area contributed by atoms with Crippen LogP contribution in [0.4, 0.5) is 8.78 Å². The second kappa shape index (κ2) is 11.5. The van der Waals surface area contributed by atoms with Gasteiger partial charge in [-0.2, -0.15) is 0 Å². The van der Waals surface area contributed by atoms with Gasteiger partial charge in [0.25, 0.3) is 5.56 Å². The highest BCUT2D eigenvalue weighted by atomic mass is 35.5. The molecule has 0 aliphatic carbocycles. The third kappa shape index (κ3) is 5.53. The average Bonchev–Trinajstić information content (AvgIpc) is 2.95. The van der Waals surface area contributed by atoms with Crippen LogP contribution in [0.3, 0.4) is 0 Å². The minimum absolute atomic E-state index is 0.0339. The summed E-state index contributed by atoms with van der Waals surface area (Å²) in [4.78, 5) is 28.3. The van der Waals surface area contributed by atoms with Crippen molar-refractivity contribution in [3.05, 3.63) is 133 Å². The number of pyridine rings is 1. The Bertz CT molecular complexity index is 2130. The predicted octanol–water partition coefficient (Wildman–Crippen LogP) is 8.75. The number of aromatic nitrogens is 1. The van der Waals surface area contributed by atoms with Gasteiger partial charge in [0.1, 0.15) is 21.9 Å². The van der Waals surface area contributed by atoms with E-state index in [1.807, 2.05) is 0 Å². The van der Waals surface area contributed by atoms with Crippen LogP contribution >= 0.6 is 46.7 Å². The maximum Gasteiger partial charge on any atom is 0.354 e. The van der Waals surface area contributed by atoms with Gasteiger partial charge in [-0.15, -0.1) is 0 Å². The summed E-state index contributed by atoms with van der Waals surface area (Å²) < 4.78 is 36.1. The zero-order valence-corrected chi connectivity index (χ0v) is 24.4. The number of hydrogen-bond acceptors (Lipinski definition) is 6. The minimum atomic E-state index is -0.903. The highest BCUT2D eigenvalue weighted by Crippen LogP contribution is 2.40. The first kappa shape index (κ1) is 28.4. The van der Waals surface area contributed by atoms with E-state index >= 15 is 4.39 Å². The lowest BCUT2D eigenvalue weighted by Gasteiger charge is -2.16. The highest BCUT2D eigenvalue weighted by molar-refractivity contribution is 7.99. The van der Waals surface area contributed by atoms with Gasteiger partial charge in [-0.05, 0) is 66.2 Å². The molecule has 210 valence electrons. The van der Waals surface area contributed by atoms with E-state index in [4.69, 9.17) is 27.6 Å². The molecule has 6 rings (SSSR count). The van der Waals surface area contributed by atoms with Crippen molar-refractivity contribution in [2.24, 2.45) is 0 Å². The molecule has 0 amide bonds. The Hall–Kier alpha value is -3.76. The molecule has 0 aliphatic rings. The number of benzene rings is 4. The summed E-state index contributed by atoms with van der Waals surface area (Å²) >= 11 is 14.2. The average molecular weight is 641 g/mol. The minimum Gasteiger partial charge on any atom is -0.505 e. The monoisotopic (exact) mass is 639 g/mol.